The van der Waals surface area contributed by atoms with Crippen LogP contribution in [-0.2, 0) is 13.0 Å². The fourth-order valence-electron chi connectivity index (χ4n) is 4.05. The van der Waals surface area contributed by atoms with Gasteiger partial charge in [0.2, 0.25) is 11.7 Å². The summed E-state index contributed by atoms with van der Waals surface area (Å²) in [5, 5.41) is 13.9. The summed E-state index contributed by atoms with van der Waals surface area (Å²) in [4.78, 5) is 13.5. The lowest BCUT2D eigenvalue weighted by Gasteiger charge is -2.09. The molecule has 1 aliphatic heterocycles. The fraction of sp³-hybridized carbons (Fsp3) is 0.217. The van der Waals surface area contributed by atoms with Crippen LogP contribution in [-0.4, -0.2) is 39.4 Å². The third kappa shape index (κ3) is 3.32. The zero-order chi connectivity index (χ0) is 22.5. The topological polar surface area (TPSA) is 100 Å². The summed E-state index contributed by atoms with van der Waals surface area (Å²) in [7, 11) is 0. The molecule has 9 nitrogen and oxygen atoms in total. The van der Waals surface area contributed by atoms with Crippen molar-refractivity contribution in [3.8, 4) is 28.6 Å². The molecule has 0 aliphatic carbocycles. The summed E-state index contributed by atoms with van der Waals surface area (Å²) in [5.41, 5.74) is 4.43. The number of pyridine rings is 1. The third-order valence-electron chi connectivity index (χ3n) is 5.69. The second-order valence-electron chi connectivity index (χ2n) is 8.25. The molecule has 1 aliphatic rings. The van der Waals surface area contributed by atoms with Crippen molar-refractivity contribution in [2.75, 3.05) is 0 Å². The van der Waals surface area contributed by atoms with Gasteiger partial charge < -0.3 is 9.09 Å². The summed E-state index contributed by atoms with van der Waals surface area (Å²) in [6.45, 7) is 4.52. The van der Waals surface area contributed by atoms with Crippen molar-refractivity contribution in [3.05, 3.63) is 77.0 Å². The maximum Gasteiger partial charge on any atom is 0.229 e. The van der Waals surface area contributed by atoms with Crippen molar-refractivity contribution in [2.24, 2.45) is 0 Å². The first-order chi connectivity index (χ1) is 16.1. The molecule has 33 heavy (non-hydrogen) atoms. The van der Waals surface area contributed by atoms with Crippen molar-refractivity contribution in [2.45, 2.75) is 32.7 Å². The fourth-order valence-corrected chi connectivity index (χ4v) is 4.22. The first-order valence-electron chi connectivity index (χ1n) is 10.6. The number of nitrogens with zero attached hydrogens (tertiary/aromatic N) is 8. The van der Waals surface area contributed by atoms with E-state index in [-0.39, 0.29) is 5.92 Å². The Labute approximate surface area is 194 Å². The predicted molar refractivity (Wildman–Crippen MR) is 121 cm³/mol. The molecule has 0 radical (unpaired) electrons. The predicted octanol–water partition coefficient (Wildman–Crippen LogP) is 4.31. The van der Waals surface area contributed by atoms with Crippen LogP contribution in [0.4, 0.5) is 0 Å². The average Bonchev–Trinajstić information content (AvgIpc) is 3.53. The highest BCUT2D eigenvalue weighted by Gasteiger charge is 2.28. The molecule has 164 valence electrons. The molecule has 0 unspecified atom stereocenters. The molecule has 6 rings (SSSR count). The number of hydrogen-bond donors (Lipinski definition) is 0. The number of halogens is 1. The zero-order valence-electron chi connectivity index (χ0n) is 18.0. The van der Waals surface area contributed by atoms with E-state index in [1.807, 2.05) is 54.9 Å². The summed E-state index contributed by atoms with van der Waals surface area (Å²) in [6.07, 6.45) is 5.97. The average molecular weight is 459 g/mol. The van der Waals surface area contributed by atoms with E-state index in [1.54, 1.807) is 12.5 Å². The maximum absolute atomic E-state index is 6.37. The SMILES string of the molecule is CC(C)c1nc(-c2ncn3c2Cn2c(Cc4cccnc4)nnc2-c2cc(Cl)ccc2-3)no1. The molecule has 5 aromatic rings. The van der Waals surface area contributed by atoms with Crippen LogP contribution in [0.25, 0.3) is 28.6 Å². The minimum absolute atomic E-state index is 0.130. The second-order valence-corrected chi connectivity index (χ2v) is 8.68. The third-order valence-corrected chi connectivity index (χ3v) is 5.93. The smallest absolute Gasteiger partial charge is 0.229 e. The van der Waals surface area contributed by atoms with Crippen LogP contribution >= 0.6 is 11.6 Å². The molecule has 0 atom stereocenters. The van der Waals surface area contributed by atoms with Crippen LogP contribution in [0.5, 0.6) is 0 Å². The molecule has 0 bridgehead atoms. The molecule has 0 saturated carbocycles. The van der Waals surface area contributed by atoms with Gasteiger partial charge in [-0.05, 0) is 29.8 Å². The van der Waals surface area contributed by atoms with Crippen LogP contribution in [0.1, 0.15) is 42.7 Å². The quantitative estimate of drug-likeness (QED) is 0.388. The molecule has 10 heteroatoms. The normalized spacial score (nSPS) is 12.4. The first kappa shape index (κ1) is 19.8. The Balaban J connectivity index is 1.53. The van der Waals surface area contributed by atoms with Crippen molar-refractivity contribution < 1.29 is 4.52 Å². The Morgan fingerprint density at radius 2 is 2.09 bits per heavy atom. The lowest BCUT2D eigenvalue weighted by Crippen LogP contribution is -2.09. The Kier molecular flexibility index (Phi) is 4.58. The van der Waals surface area contributed by atoms with Gasteiger partial charge in [0.15, 0.2) is 5.82 Å². The lowest BCUT2D eigenvalue weighted by atomic mass is 10.1. The van der Waals surface area contributed by atoms with Crippen LogP contribution in [0, 0.1) is 0 Å². The summed E-state index contributed by atoms with van der Waals surface area (Å²) >= 11 is 6.37. The van der Waals surface area contributed by atoms with E-state index < -0.39 is 0 Å². The minimum atomic E-state index is 0.130. The van der Waals surface area contributed by atoms with Gasteiger partial charge in [-0.3, -0.25) is 9.55 Å². The van der Waals surface area contributed by atoms with Crippen molar-refractivity contribution in [1.82, 2.24) is 39.4 Å². The number of rotatable bonds is 4. The number of hydrogen-bond acceptors (Lipinski definition) is 7. The molecular weight excluding hydrogens is 440 g/mol. The van der Waals surface area contributed by atoms with Gasteiger partial charge in [0.05, 0.1) is 17.9 Å². The summed E-state index contributed by atoms with van der Waals surface area (Å²) in [5.74, 6) is 2.74. The van der Waals surface area contributed by atoms with Gasteiger partial charge in [0, 0.05) is 35.3 Å². The van der Waals surface area contributed by atoms with E-state index in [0.717, 1.165) is 34.2 Å². The Morgan fingerprint density at radius 3 is 2.88 bits per heavy atom. The van der Waals surface area contributed by atoms with Gasteiger partial charge in [-0.25, -0.2) is 4.98 Å². The van der Waals surface area contributed by atoms with Crippen molar-refractivity contribution >= 4 is 11.6 Å². The van der Waals surface area contributed by atoms with Crippen LogP contribution in [0.15, 0.2) is 53.6 Å². The lowest BCUT2D eigenvalue weighted by molar-refractivity contribution is 0.365. The van der Waals surface area contributed by atoms with E-state index in [4.69, 9.17) is 16.1 Å². The molecule has 4 aromatic heterocycles. The summed E-state index contributed by atoms with van der Waals surface area (Å²) < 4.78 is 9.58. The van der Waals surface area contributed by atoms with Gasteiger partial charge in [-0.15, -0.1) is 10.2 Å². The van der Waals surface area contributed by atoms with Crippen LogP contribution < -0.4 is 0 Å². The molecule has 0 saturated heterocycles. The largest absolute Gasteiger partial charge is 0.339 e. The number of aromatic nitrogens is 8. The molecular formula is C23H19ClN8O. The van der Waals surface area contributed by atoms with E-state index >= 15 is 0 Å². The van der Waals surface area contributed by atoms with Gasteiger partial charge >= 0.3 is 0 Å². The summed E-state index contributed by atoms with van der Waals surface area (Å²) in [6, 6.07) is 9.68. The maximum atomic E-state index is 6.37. The van der Waals surface area contributed by atoms with Gasteiger partial charge in [-0.2, -0.15) is 4.98 Å². The van der Waals surface area contributed by atoms with Crippen molar-refractivity contribution in [3.63, 3.8) is 0 Å². The second kappa shape index (κ2) is 7.63. The number of benzene rings is 1. The van der Waals surface area contributed by atoms with E-state index in [0.29, 0.717) is 35.4 Å². The number of imidazole rings is 1. The molecule has 0 N–H and O–H groups in total. The standard InChI is InChI=1S/C23H19ClN8O/c1-13(2)23-27-21(30-33-23)20-18-11-31-19(8-14-4-3-7-25-10-14)28-29-22(31)16-9-15(24)5-6-17(16)32(18)12-26-20/h3-7,9-10,12-13H,8,11H2,1-2H3. The molecule has 0 amide bonds. The van der Waals surface area contributed by atoms with Gasteiger partial charge in [-0.1, -0.05) is 36.7 Å². The Bertz CT molecular complexity index is 1470. The van der Waals surface area contributed by atoms with Crippen molar-refractivity contribution in [1.29, 1.82) is 0 Å². The monoisotopic (exact) mass is 458 g/mol. The highest BCUT2D eigenvalue weighted by atomic mass is 35.5. The number of fused-ring (bicyclic) bond motifs is 5. The first-order valence-corrected chi connectivity index (χ1v) is 11.0. The zero-order valence-corrected chi connectivity index (χ0v) is 18.7. The molecule has 5 heterocycles. The minimum Gasteiger partial charge on any atom is -0.339 e. The van der Waals surface area contributed by atoms with E-state index in [1.165, 1.54) is 0 Å². The van der Waals surface area contributed by atoms with Gasteiger partial charge in [0.25, 0.3) is 0 Å². The Morgan fingerprint density at radius 1 is 1.18 bits per heavy atom. The van der Waals surface area contributed by atoms with E-state index in [2.05, 4.69) is 34.9 Å². The van der Waals surface area contributed by atoms with Crippen LogP contribution in [0.3, 0.4) is 0 Å². The highest BCUT2D eigenvalue weighted by molar-refractivity contribution is 6.31. The molecule has 0 fully saturated rings. The van der Waals surface area contributed by atoms with E-state index in [9.17, 15) is 0 Å². The highest BCUT2D eigenvalue weighted by Crippen LogP contribution is 2.36. The molecule has 1 aromatic carbocycles. The van der Waals surface area contributed by atoms with Crippen LogP contribution in [0.2, 0.25) is 5.02 Å². The Hall–Kier alpha value is -3.85. The van der Waals surface area contributed by atoms with Gasteiger partial charge in [0.1, 0.15) is 17.8 Å². The molecule has 0 spiro atoms.